The lowest BCUT2D eigenvalue weighted by Gasteiger charge is -2.07. The second-order valence-corrected chi connectivity index (χ2v) is 4.87. The summed E-state index contributed by atoms with van der Waals surface area (Å²) in [4.78, 5) is 14.3. The summed E-state index contributed by atoms with van der Waals surface area (Å²) >= 11 is 0. The number of hydrogen-bond acceptors (Lipinski definition) is 1. The van der Waals surface area contributed by atoms with E-state index in [-0.39, 0.29) is 12.1 Å². The molecule has 22 heavy (non-hydrogen) atoms. The summed E-state index contributed by atoms with van der Waals surface area (Å²) in [6.07, 6.45) is -4.47. The van der Waals surface area contributed by atoms with Gasteiger partial charge in [-0.15, -0.1) is 0 Å². The number of benzene rings is 2. The number of nitrogens with zero attached hydrogens (tertiary/aromatic N) is 1. The number of nitrogens with one attached hydrogen (secondary N) is 1. The van der Waals surface area contributed by atoms with Crippen molar-refractivity contribution in [2.24, 2.45) is 0 Å². The van der Waals surface area contributed by atoms with E-state index in [0.29, 0.717) is 11.1 Å². The van der Waals surface area contributed by atoms with Crippen LogP contribution >= 0.6 is 0 Å². The van der Waals surface area contributed by atoms with E-state index in [9.17, 15) is 22.4 Å². The number of imidazole rings is 1. The number of rotatable bonds is 2. The smallest absolute Gasteiger partial charge is 0.306 e. The van der Waals surface area contributed by atoms with Gasteiger partial charge in [-0.25, -0.2) is 9.18 Å². The number of H-pyrrole nitrogens is 1. The van der Waals surface area contributed by atoms with Crippen LogP contribution < -0.4 is 5.69 Å². The van der Waals surface area contributed by atoms with Crippen LogP contribution in [-0.2, 0) is 12.7 Å². The third-order valence-electron chi connectivity index (χ3n) is 3.36. The normalized spacial score (nSPS) is 12.0. The van der Waals surface area contributed by atoms with Crippen LogP contribution in [0, 0.1) is 5.82 Å². The number of halogens is 4. The van der Waals surface area contributed by atoms with Crippen molar-refractivity contribution >= 4 is 11.0 Å². The average molecular weight is 310 g/mol. The van der Waals surface area contributed by atoms with Gasteiger partial charge in [-0.05, 0) is 35.9 Å². The zero-order chi connectivity index (χ0) is 15.9. The minimum atomic E-state index is -4.47. The maximum atomic E-state index is 12.9. The minimum Gasteiger partial charge on any atom is -0.306 e. The van der Waals surface area contributed by atoms with Crippen LogP contribution in [0.3, 0.4) is 0 Å². The molecule has 0 saturated carbocycles. The third-order valence-corrected chi connectivity index (χ3v) is 3.36. The van der Waals surface area contributed by atoms with Crippen LogP contribution in [0.5, 0.6) is 0 Å². The van der Waals surface area contributed by atoms with Crippen molar-refractivity contribution in [1.29, 1.82) is 0 Å². The molecule has 0 saturated heterocycles. The first-order valence-electron chi connectivity index (χ1n) is 6.39. The number of aromatic nitrogens is 2. The lowest BCUT2D eigenvalue weighted by Crippen LogP contribution is -2.17. The Labute approximate surface area is 121 Å². The molecular weight excluding hydrogens is 300 g/mol. The Kier molecular flexibility index (Phi) is 3.27. The predicted octanol–water partition coefficient (Wildman–Crippen LogP) is 3.54. The molecule has 1 heterocycles. The van der Waals surface area contributed by atoms with Gasteiger partial charge in [0.05, 0.1) is 23.1 Å². The largest absolute Gasteiger partial charge is 0.416 e. The van der Waals surface area contributed by atoms with Gasteiger partial charge in [0.25, 0.3) is 0 Å². The SMILES string of the molecule is O=c1[nH]c2cc(C(F)(F)F)ccc2n1Cc1ccc(F)cc1. The van der Waals surface area contributed by atoms with Gasteiger partial charge in [-0.1, -0.05) is 12.1 Å². The Morgan fingerprint density at radius 1 is 1.05 bits per heavy atom. The Morgan fingerprint density at radius 3 is 2.36 bits per heavy atom. The molecule has 0 atom stereocenters. The van der Waals surface area contributed by atoms with Crippen molar-refractivity contribution in [1.82, 2.24) is 9.55 Å². The fraction of sp³-hybridized carbons (Fsp3) is 0.133. The van der Waals surface area contributed by atoms with Crippen LogP contribution in [0.1, 0.15) is 11.1 Å². The highest BCUT2D eigenvalue weighted by molar-refractivity contribution is 5.76. The molecule has 1 N–H and O–H groups in total. The highest BCUT2D eigenvalue weighted by Gasteiger charge is 2.30. The van der Waals surface area contributed by atoms with Crippen LogP contribution in [0.4, 0.5) is 17.6 Å². The van der Waals surface area contributed by atoms with Gasteiger partial charge in [0.2, 0.25) is 0 Å². The van der Waals surface area contributed by atoms with Gasteiger partial charge in [-0.2, -0.15) is 13.2 Å². The van der Waals surface area contributed by atoms with Gasteiger partial charge in [0, 0.05) is 0 Å². The van der Waals surface area contributed by atoms with Gasteiger partial charge >= 0.3 is 11.9 Å². The molecule has 114 valence electrons. The Balaban J connectivity index is 2.05. The van der Waals surface area contributed by atoms with Gasteiger partial charge in [-0.3, -0.25) is 4.57 Å². The van der Waals surface area contributed by atoms with E-state index in [1.807, 2.05) is 0 Å². The van der Waals surface area contributed by atoms with E-state index in [1.165, 1.54) is 34.9 Å². The topological polar surface area (TPSA) is 37.8 Å². The quantitative estimate of drug-likeness (QED) is 0.722. The summed E-state index contributed by atoms with van der Waals surface area (Å²) in [6, 6.07) is 8.64. The first-order valence-corrected chi connectivity index (χ1v) is 6.39. The molecule has 0 bridgehead atoms. The van der Waals surface area contributed by atoms with Crippen LogP contribution in [0.2, 0.25) is 0 Å². The molecule has 3 rings (SSSR count). The zero-order valence-electron chi connectivity index (χ0n) is 11.1. The van der Waals surface area contributed by atoms with Crippen molar-refractivity contribution in [2.75, 3.05) is 0 Å². The monoisotopic (exact) mass is 310 g/mol. The standard InChI is InChI=1S/C15H10F4N2O/c16-11-4-1-9(2-5-11)8-21-13-6-3-10(15(17,18)19)7-12(13)20-14(21)22/h1-7H,8H2,(H,20,22). The molecule has 0 aliphatic carbocycles. The summed E-state index contributed by atoms with van der Waals surface area (Å²) in [5, 5.41) is 0. The third kappa shape index (κ3) is 2.61. The molecule has 3 aromatic rings. The molecule has 0 unspecified atom stereocenters. The molecule has 1 aromatic heterocycles. The minimum absolute atomic E-state index is 0.113. The Bertz CT molecular complexity index is 875. The van der Waals surface area contributed by atoms with Crippen molar-refractivity contribution in [3.05, 3.63) is 69.9 Å². The first-order chi connectivity index (χ1) is 10.3. The Hall–Kier alpha value is -2.57. The molecule has 0 amide bonds. The fourth-order valence-electron chi connectivity index (χ4n) is 2.27. The molecule has 0 spiro atoms. The summed E-state index contributed by atoms with van der Waals surface area (Å²) in [6.45, 7) is 0.143. The number of hydrogen-bond donors (Lipinski definition) is 1. The second kappa shape index (κ2) is 5.01. The van der Waals surface area contributed by atoms with E-state index in [0.717, 1.165) is 12.1 Å². The highest BCUT2D eigenvalue weighted by Crippen LogP contribution is 2.30. The maximum absolute atomic E-state index is 12.9. The highest BCUT2D eigenvalue weighted by atomic mass is 19.4. The van der Waals surface area contributed by atoms with Crippen molar-refractivity contribution in [3.8, 4) is 0 Å². The molecule has 0 radical (unpaired) electrons. The second-order valence-electron chi connectivity index (χ2n) is 4.87. The van der Waals surface area contributed by atoms with Crippen molar-refractivity contribution in [3.63, 3.8) is 0 Å². The molecule has 7 heteroatoms. The lowest BCUT2D eigenvalue weighted by molar-refractivity contribution is -0.137. The fourth-order valence-corrected chi connectivity index (χ4v) is 2.27. The van der Waals surface area contributed by atoms with E-state index in [4.69, 9.17) is 0 Å². The summed E-state index contributed by atoms with van der Waals surface area (Å²) in [5.41, 5.74) is -0.192. The van der Waals surface area contributed by atoms with E-state index < -0.39 is 23.2 Å². The summed E-state index contributed by atoms with van der Waals surface area (Å²) < 4.78 is 52.2. The molecule has 0 fully saturated rings. The van der Waals surface area contributed by atoms with Crippen LogP contribution in [0.15, 0.2) is 47.3 Å². The lowest BCUT2D eigenvalue weighted by atomic mass is 10.2. The summed E-state index contributed by atoms with van der Waals surface area (Å²) in [5.74, 6) is -0.398. The first kappa shape index (κ1) is 14.4. The Morgan fingerprint density at radius 2 is 1.73 bits per heavy atom. The van der Waals surface area contributed by atoms with Crippen molar-refractivity contribution < 1.29 is 17.6 Å². The number of fused-ring (bicyclic) bond motifs is 1. The van der Waals surface area contributed by atoms with Gasteiger partial charge in [0.15, 0.2) is 0 Å². The maximum Gasteiger partial charge on any atom is 0.416 e. The molecule has 0 aliphatic heterocycles. The summed E-state index contributed by atoms with van der Waals surface area (Å²) in [7, 11) is 0. The van der Waals surface area contributed by atoms with Crippen LogP contribution in [-0.4, -0.2) is 9.55 Å². The zero-order valence-corrected chi connectivity index (χ0v) is 11.1. The average Bonchev–Trinajstić information content (AvgIpc) is 2.76. The van der Waals surface area contributed by atoms with Crippen LogP contribution in [0.25, 0.3) is 11.0 Å². The van der Waals surface area contributed by atoms with E-state index in [1.54, 1.807) is 0 Å². The van der Waals surface area contributed by atoms with Crippen molar-refractivity contribution in [2.45, 2.75) is 12.7 Å². The molecular formula is C15H10F4N2O. The van der Waals surface area contributed by atoms with E-state index in [2.05, 4.69) is 4.98 Å². The van der Waals surface area contributed by atoms with Gasteiger partial charge in [0.1, 0.15) is 5.82 Å². The van der Waals surface area contributed by atoms with E-state index >= 15 is 0 Å². The molecule has 2 aromatic carbocycles. The number of aromatic amines is 1. The van der Waals surface area contributed by atoms with Gasteiger partial charge < -0.3 is 4.98 Å². The predicted molar refractivity (Wildman–Crippen MR) is 73.1 cm³/mol. The molecule has 0 aliphatic rings. The molecule has 3 nitrogen and oxygen atoms in total. The number of alkyl halides is 3.